The van der Waals surface area contributed by atoms with Crippen LogP contribution in [0.1, 0.15) is 28.2 Å². The van der Waals surface area contributed by atoms with Gasteiger partial charge in [0.15, 0.2) is 0 Å². The second kappa shape index (κ2) is 6.29. The molecule has 3 nitrogen and oxygen atoms in total. The number of halogens is 1. The fraction of sp³-hybridized carbons (Fsp3) is 0.231. The van der Waals surface area contributed by atoms with Crippen molar-refractivity contribution >= 4 is 39.8 Å². The van der Waals surface area contributed by atoms with Gasteiger partial charge in [0.05, 0.1) is 5.01 Å². The minimum Gasteiger partial charge on any atom is -0.351 e. The van der Waals surface area contributed by atoms with Crippen molar-refractivity contribution in [3.05, 3.63) is 50.0 Å². The zero-order valence-electron chi connectivity index (χ0n) is 9.89. The van der Waals surface area contributed by atoms with E-state index in [-0.39, 0.29) is 11.8 Å². The molecule has 1 heterocycles. The van der Waals surface area contributed by atoms with Crippen LogP contribution in [0.25, 0.3) is 0 Å². The predicted octanol–water partition coefficient (Wildman–Crippen LogP) is 3.28. The lowest BCUT2D eigenvalue weighted by Gasteiger charge is -2.10. The summed E-state index contributed by atoms with van der Waals surface area (Å²) in [6.07, 6.45) is 1.79. The van der Waals surface area contributed by atoms with Gasteiger partial charge in [-0.3, -0.25) is 4.79 Å². The number of amides is 1. The number of aromatic nitrogens is 1. The molecule has 1 aromatic carbocycles. The quantitative estimate of drug-likeness (QED) is 0.837. The zero-order valence-corrected chi connectivity index (χ0v) is 12.9. The molecule has 1 aromatic heterocycles. The number of hydrogen-bond acceptors (Lipinski definition) is 3. The fourth-order valence-corrected chi connectivity index (χ4v) is 2.78. The van der Waals surface area contributed by atoms with Crippen LogP contribution < -0.4 is 5.32 Å². The lowest BCUT2D eigenvalue weighted by atomic mass is 10.1. The van der Waals surface area contributed by atoms with Crippen molar-refractivity contribution in [1.82, 2.24) is 10.3 Å². The maximum absolute atomic E-state index is 11.9. The second-order valence-corrected chi connectivity index (χ2v) is 6.16. The normalized spacial score (nSPS) is 12.1. The van der Waals surface area contributed by atoms with Gasteiger partial charge >= 0.3 is 0 Å². The average molecular weight is 372 g/mol. The van der Waals surface area contributed by atoms with Crippen LogP contribution in [-0.2, 0) is 0 Å². The molecule has 0 aliphatic carbocycles. The van der Waals surface area contributed by atoms with Gasteiger partial charge in [-0.25, -0.2) is 4.98 Å². The SMILES string of the molecule is CC(CNC(=O)c1cccc(I)c1)c1nccs1. The maximum Gasteiger partial charge on any atom is 0.251 e. The average Bonchev–Trinajstić information content (AvgIpc) is 2.89. The van der Waals surface area contributed by atoms with Gasteiger partial charge in [-0.1, -0.05) is 13.0 Å². The molecular weight excluding hydrogens is 359 g/mol. The smallest absolute Gasteiger partial charge is 0.251 e. The van der Waals surface area contributed by atoms with Crippen LogP contribution in [0.5, 0.6) is 0 Å². The van der Waals surface area contributed by atoms with Crippen molar-refractivity contribution in [2.45, 2.75) is 12.8 Å². The highest BCUT2D eigenvalue weighted by atomic mass is 127. The molecule has 1 unspecified atom stereocenters. The van der Waals surface area contributed by atoms with E-state index in [0.717, 1.165) is 8.58 Å². The van der Waals surface area contributed by atoms with Crippen molar-refractivity contribution in [3.8, 4) is 0 Å². The molecule has 1 N–H and O–H groups in total. The molecule has 0 radical (unpaired) electrons. The van der Waals surface area contributed by atoms with E-state index in [9.17, 15) is 4.79 Å². The fourth-order valence-electron chi connectivity index (χ4n) is 1.54. The topological polar surface area (TPSA) is 42.0 Å². The summed E-state index contributed by atoms with van der Waals surface area (Å²) >= 11 is 3.82. The molecule has 0 spiro atoms. The third kappa shape index (κ3) is 3.52. The Morgan fingerprint density at radius 1 is 1.56 bits per heavy atom. The summed E-state index contributed by atoms with van der Waals surface area (Å²) in [7, 11) is 0. The number of carbonyl (C=O) groups excluding carboxylic acids is 1. The predicted molar refractivity (Wildman–Crippen MR) is 82.0 cm³/mol. The Morgan fingerprint density at radius 2 is 2.39 bits per heavy atom. The molecule has 0 saturated carbocycles. The summed E-state index contributed by atoms with van der Waals surface area (Å²) < 4.78 is 1.06. The first-order chi connectivity index (χ1) is 8.66. The lowest BCUT2D eigenvalue weighted by Crippen LogP contribution is -2.27. The maximum atomic E-state index is 11.9. The number of hydrogen-bond donors (Lipinski definition) is 1. The summed E-state index contributed by atoms with van der Waals surface area (Å²) in [5, 5.41) is 5.94. The number of benzene rings is 1. The van der Waals surface area contributed by atoms with Gasteiger partial charge in [-0.05, 0) is 40.8 Å². The Bertz CT molecular complexity index is 528. The minimum absolute atomic E-state index is 0.0306. The van der Waals surface area contributed by atoms with Crippen LogP contribution in [0, 0.1) is 3.57 Å². The molecule has 0 aliphatic heterocycles. The van der Waals surface area contributed by atoms with Crippen LogP contribution in [0.2, 0.25) is 0 Å². The van der Waals surface area contributed by atoms with E-state index in [2.05, 4.69) is 39.8 Å². The van der Waals surface area contributed by atoms with Gasteiger partial charge in [-0.15, -0.1) is 11.3 Å². The number of thiazole rings is 1. The second-order valence-electron chi connectivity index (χ2n) is 3.99. The van der Waals surface area contributed by atoms with Crippen LogP contribution in [0.3, 0.4) is 0 Å². The molecule has 18 heavy (non-hydrogen) atoms. The number of nitrogens with one attached hydrogen (secondary N) is 1. The molecular formula is C13H13IN2OS. The summed E-state index contributed by atoms with van der Waals surface area (Å²) in [6.45, 7) is 2.67. The van der Waals surface area contributed by atoms with Gasteiger partial charge in [0, 0.05) is 33.2 Å². The van der Waals surface area contributed by atoms with E-state index in [1.54, 1.807) is 17.5 Å². The first-order valence-corrected chi connectivity index (χ1v) is 7.56. The van der Waals surface area contributed by atoms with Gasteiger partial charge in [0.1, 0.15) is 0 Å². The molecule has 5 heteroatoms. The molecule has 1 atom stereocenters. The van der Waals surface area contributed by atoms with Crippen LogP contribution in [-0.4, -0.2) is 17.4 Å². The standard InChI is InChI=1S/C13H13IN2OS/c1-9(13-15-5-6-18-13)8-16-12(17)10-3-2-4-11(14)7-10/h2-7,9H,8H2,1H3,(H,16,17). The largest absolute Gasteiger partial charge is 0.351 e. The van der Waals surface area contributed by atoms with E-state index in [1.807, 2.05) is 29.6 Å². The van der Waals surface area contributed by atoms with Crippen molar-refractivity contribution in [1.29, 1.82) is 0 Å². The minimum atomic E-state index is -0.0306. The van der Waals surface area contributed by atoms with Gasteiger partial charge in [0.2, 0.25) is 0 Å². The van der Waals surface area contributed by atoms with E-state index >= 15 is 0 Å². The molecule has 2 rings (SSSR count). The highest BCUT2D eigenvalue weighted by Crippen LogP contribution is 2.16. The van der Waals surface area contributed by atoms with Crippen LogP contribution in [0.4, 0.5) is 0 Å². The molecule has 94 valence electrons. The van der Waals surface area contributed by atoms with Gasteiger partial charge < -0.3 is 5.32 Å². The number of carbonyl (C=O) groups is 1. The Hall–Kier alpha value is -0.950. The van der Waals surface area contributed by atoms with Crippen molar-refractivity contribution in [2.24, 2.45) is 0 Å². The van der Waals surface area contributed by atoms with Crippen LogP contribution in [0.15, 0.2) is 35.8 Å². The van der Waals surface area contributed by atoms with E-state index in [4.69, 9.17) is 0 Å². The Balaban J connectivity index is 1.92. The number of rotatable bonds is 4. The van der Waals surface area contributed by atoms with E-state index in [1.165, 1.54) is 0 Å². The molecule has 0 saturated heterocycles. The highest BCUT2D eigenvalue weighted by Gasteiger charge is 2.11. The van der Waals surface area contributed by atoms with Crippen molar-refractivity contribution in [3.63, 3.8) is 0 Å². The Morgan fingerprint density at radius 3 is 3.06 bits per heavy atom. The highest BCUT2D eigenvalue weighted by molar-refractivity contribution is 14.1. The number of nitrogens with zero attached hydrogens (tertiary/aromatic N) is 1. The molecule has 0 fully saturated rings. The monoisotopic (exact) mass is 372 g/mol. The first kappa shape index (κ1) is 13.5. The molecule has 0 bridgehead atoms. The summed E-state index contributed by atoms with van der Waals surface area (Å²) in [5.74, 6) is 0.216. The third-order valence-electron chi connectivity index (χ3n) is 2.53. The first-order valence-electron chi connectivity index (χ1n) is 5.60. The zero-order chi connectivity index (χ0) is 13.0. The molecule has 0 aliphatic rings. The summed E-state index contributed by atoms with van der Waals surface area (Å²) in [5.41, 5.74) is 0.702. The summed E-state index contributed by atoms with van der Waals surface area (Å²) in [6, 6.07) is 7.56. The third-order valence-corrected chi connectivity index (χ3v) is 4.21. The molecule has 1 amide bonds. The van der Waals surface area contributed by atoms with Crippen LogP contribution >= 0.6 is 33.9 Å². The Kier molecular flexibility index (Phi) is 4.71. The molecule has 2 aromatic rings. The summed E-state index contributed by atoms with van der Waals surface area (Å²) in [4.78, 5) is 16.2. The lowest BCUT2D eigenvalue weighted by molar-refractivity contribution is 0.0951. The Labute approximate surface area is 124 Å². The van der Waals surface area contributed by atoms with Crippen molar-refractivity contribution < 1.29 is 4.79 Å². The van der Waals surface area contributed by atoms with E-state index < -0.39 is 0 Å². The van der Waals surface area contributed by atoms with Gasteiger partial charge in [-0.2, -0.15) is 0 Å². The van der Waals surface area contributed by atoms with Crippen molar-refractivity contribution in [2.75, 3.05) is 6.54 Å². The van der Waals surface area contributed by atoms with Gasteiger partial charge in [0.25, 0.3) is 5.91 Å². The van der Waals surface area contributed by atoms with E-state index in [0.29, 0.717) is 12.1 Å².